The van der Waals surface area contributed by atoms with E-state index in [1.165, 1.54) is 5.01 Å². The van der Waals surface area contributed by atoms with Crippen LogP contribution in [0.4, 0.5) is 4.79 Å². The van der Waals surface area contributed by atoms with E-state index in [1.807, 2.05) is 6.92 Å². The lowest BCUT2D eigenvalue weighted by Gasteiger charge is -2.12. The molecule has 0 spiro atoms. The monoisotopic (exact) mass is 142 g/mol. The predicted molar refractivity (Wildman–Crippen MR) is 36.1 cm³/mol. The summed E-state index contributed by atoms with van der Waals surface area (Å²) in [5, 5.41) is 1.25. The van der Waals surface area contributed by atoms with Crippen molar-refractivity contribution in [2.24, 2.45) is 5.73 Å². The Morgan fingerprint density at radius 2 is 2.20 bits per heavy atom. The van der Waals surface area contributed by atoms with Gasteiger partial charge in [0, 0.05) is 5.70 Å². The number of nitrogens with zero attached hydrogens (tertiary/aromatic N) is 1. The van der Waals surface area contributed by atoms with Gasteiger partial charge in [-0.25, -0.2) is 9.80 Å². The van der Waals surface area contributed by atoms with Gasteiger partial charge in [0.2, 0.25) is 0 Å². The average Bonchev–Trinajstić information content (AvgIpc) is 2.14. The lowest BCUT2D eigenvalue weighted by atomic mass is 10.4. The van der Waals surface area contributed by atoms with Gasteiger partial charge in [-0.1, -0.05) is 0 Å². The van der Waals surface area contributed by atoms with Gasteiger partial charge < -0.3 is 11.2 Å². The standard InChI is InChI=1S/C5H10N4O/c1-3-4(2)9(5(6)10)8-7-3/h7-8H,1-2H3,(H2,6,10). The van der Waals surface area contributed by atoms with E-state index in [9.17, 15) is 4.79 Å². The number of hydrogen-bond donors (Lipinski definition) is 3. The maximum absolute atomic E-state index is 10.6. The molecule has 56 valence electrons. The van der Waals surface area contributed by atoms with Crippen LogP contribution in [0.15, 0.2) is 11.4 Å². The van der Waals surface area contributed by atoms with Crippen LogP contribution in [0.25, 0.3) is 0 Å². The van der Waals surface area contributed by atoms with Crippen molar-refractivity contribution in [3.8, 4) is 0 Å². The molecule has 0 unspecified atom stereocenters. The molecular weight excluding hydrogens is 132 g/mol. The van der Waals surface area contributed by atoms with Crippen molar-refractivity contribution in [2.75, 3.05) is 0 Å². The van der Waals surface area contributed by atoms with E-state index in [2.05, 4.69) is 11.0 Å². The van der Waals surface area contributed by atoms with Gasteiger partial charge in [-0.15, -0.1) is 5.53 Å². The number of rotatable bonds is 0. The summed E-state index contributed by atoms with van der Waals surface area (Å²) in [7, 11) is 0. The molecule has 1 rings (SSSR count). The molecule has 4 N–H and O–H groups in total. The highest BCUT2D eigenvalue weighted by molar-refractivity contribution is 5.73. The smallest absolute Gasteiger partial charge is 0.335 e. The third-order valence-electron chi connectivity index (χ3n) is 1.45. The molecule has 0 aliphatic carbocycles. The van der Waals surface area contributed by atoms with Crippen LogP contribution in [0, 0.1) is 0 Å². The normalized spacial score (nSPS) is 17.6. The SMILES string of the molecule is CC1=C(C)N(C(N)=O)NN1. The van der Waals surface area contributed by atoms with Gasteiger partial charge in [0.15, 0.2) is 0 Å². The average molecular weight is 142 g/mol. The Morgan fingerprint density at radius 3 is 2.40 bits per heavy atom. The Kier molecular flexibility index (Phi) is 1.50. The van der Waals surface area contributed by atoms with Crippen molar-refractivity contribution in [3.05, 3.63) is 11.4 Å². The molecule has 1 aliphatic rings. The number of amides is 2. The van der Waals surface area contributed by atoms with Gasteiger partial charge in [0.25, 0.3) is 0 Å². The van der Waals surface area contributed by atoms with Crippen molar-refractivity contribution in [3.63, 3.8) is 0 Å². The predicted octanol–water partition coefficient (Wildman–Crippen LogP) is -0.359. The van der Waals surface area contributed by atoms with Crippen LogP contribution in [0.1, 0.15) is 13.8 Å². The Morgan fingerprint density at radius 1 is 1.60 bits per heavy atom. The number of nitrogens with two attached hydrogens (primary N) is 1. The second-order valence-electron chi connectivity index (χ2n) is 2.12. The first-order chi connectivity index (χ1) is 4.63. The van der Waals surface area contributed by atoms with Crippen LogP contribution < -0.4 is 16.7 Å². The molecule has 1 heterocycles. The first kappa shape index (κ1) is 6.88. The number of allylic oxidation sites excluding steroid dienone is 2. The van der Waals surface area contributed by atoms with Gasteiger partial charge in [-0.3, -0.25) is 0 Å². The number of hydrazine groups is 2. The van der Waals surface area contributed by atoms with Crippen LogP contribution in [0.3, 0.4) is 0 Å². The summed E-state index contributed by atoms with van der Waals surface area (Å²) in [6, 6.07) is -0.512. The van der Waals surface area contributed by atoms with Crippen molar-refractivity contribution in [1.82, 2.24) is 16.0 Å². The molecule has 0 fully saturated rings. The largest absolute Gasteiger partial charge is 0.350 e. The molecule has 2 amide bonds. The maximum atomic E-state index is 10.6. The molecule has 0 atom stereocenters. The Labute approximate surface area is 58.8 Å². The van der Waals surface area contributed by atoms with Crippen LogP contribution in [-0.4, -0.2) is 11.0 Å². The highest BCUT2D eigenvalue weighted by atomic mass is 16.2. The summed E-state index contributed by atoms with van der Waals surface area (Å²) < 4.78 is 0. The molecule has 0 bridgehead atoms. The van der Waals surface area contributed by atoms with Crippen LogP contribution in [0.2, 0.25) is 0 Å². The van der Waals surface area contributed by atoms with Gasteiger partial charge >= 0.3 is 6.03 Å². The Balaban J connectivity index is 2.77. The minimum absolute atomic E-state index is 0.512. The molecule has 0 saturated carbocycles. The van der Waals surface area contributed by atoms with E-state index in [0.29, 0.717) is 0 Å². The molecule has 10 heavy (non-hydrogen) atoms. The second-order valence-corrected chi connectivity index (χ2v) is 2.12. The van der Waals surface area contributed by atoms with E-state index in [0.717, 1.165) is 11.4 Å². The van der Waals surface area contributed by atoms with Crippen LogP contribution in [0.5, 0.6) is 0 Å². The zero-order valence-corrected chi connectivity index (χ0v) is 5.93. The number of primary amides is 1. The Hall–Kier alpha value is -1.23. The lowest BCUT2D eigenvalue weighted by Crippen LogP contribution is -2.44. The quantitative estimate of drug-likeness (QED) is 0.432. The fourth-order valence-electron chi connectivity index (χ4n) is 0.702. The second kappa shape index (κ2) is 2.18. The van der Waals surface area contributed by atoms with Crippen LogP contribution in [-0.2, 0) is 0 Å². The molecule has 5 nitrogen and oxygen atoms in total. The molecule has 5 heteroatoms. The fourth-order valence-corrected chi connectivity index (χ4v) is 0.702. The van der Waals surface area contributed by atoms with Crippen molar-refractivity contribution in [2.45, 2.75) is 13.8 Å². The van der Waals surface area contributed by atoms with E-state index in [4.69, 9.17) is 5.73 Å². The number of hydrogen-bond acceptors (Lipinski definition) is 3. The van der Waals surface area contributed by atoms with Crippen molar-refractivity contribution < 1.29 is 4.79 Å². The van der Waals surface area contributed by atoms with Gasteiger partial charge in [-0.2, -0.15) is 0 Å². The Bertz CT molecular complexity index is 198. The van der Waals surface area contributed by atoms with Gasteiger partial charge in [0.1, 0.15) is 0 Å². The molecule has 0 aromatic heterocycles. The molecule has 1 aliphatic heterocycles. The topological polar surface area (TPSA) is 70.4 Å². The summed E-state index contributed by atoms with van der Waals surface area (Å²) in [5.41, 5.74) is 12.0. The van der Waals surface area contributed by atoms with Crippen molar-refractivity contribution in [1.29, 1.82) is 0 Å². The minimum atomic E-state index is -0.512. The molecular formula is C5H10N4O. The van der Waals surface area contributed by atoms with E-state index in [-0.39, 0.29) is 0 Å². The zero-order chi connectivity index (χ0) is 7.72. The highest BCUT2D eigenvalue weighted by Crippen LogP contribution is 2.08. The van der Waals surface area contributed by atoms with E-state index < -0.39 is 6.03 Å². The summed E-state index contributed by atoms with van der Waals surface area (Å²) >= 11 is 0. The molecule has 0 radical (unpaired) electrons. The molecule has 0 aromatic rings. The van der Waals surface area contributed by atoms with Gasteiger partial charge in [-0.05, 0) is 13.8 Å². The number of carbonyl (C=O) groups is 1. The fraction of sp³-hybridized carbons (Fsp3) is 0.400. The van der Waals surface area contributed by atoms with Gasteiger partial charge in [0.05, 0.1) is 5.70 Å². The number of carbonyl (C=O) groups excluding carboxylic acids is 1. The lowest BCUT2D eigenvalue weighted by molar-refractivity contribution is 0.202. The molecule has 0 aromatic carbocycles. The first-order valence-corrected chi connectivity index (χ1v) is 2.91. The summed E-state index contributed by atoms with van der Waals surface area (Å²) in [4.78, 5) is 10.6. The molecule has 0 saturated heterocycles. The summed E-state index contributed by atoms with van der Waals surface area (Å²) in [6.45, 7) is 3.65. The summed E-state index contributed by atoms with van der Waals surface area (Å²) in [6.07, 6.45) is 0. The highest BCUT2D eigenvalue weighted by Gasteiger charge is 2.18. The maximum Gasteiger partial charge on any atom is 0.335 e. The minimum Gasteiger partial charge on any atom is -0.350 e. The zero-order valence-electron chi connectivity index (χ0n) is 5.93. The van der Waals surface area contributed by atoms with Crippen LogP contribution >= 0.6 is 0 Å². The summed E-state index contributed by atoms with van der Waals surface area (Å²) in [5.74, 6) is 0. The van der Waals surface area contributed by atoms with Crippen molar-refractivity contribution >= 4 is 6.03 Å². The first-order valence-electron chi connectivity index (χ1n) is 2.91. The van der Waals surface area contributed by atoms with E-state index in [1.54, 1.807) is 6.92 Å². The number of urea groups is 1. The van der Waals surface area contributed by atoms with E-state index >= 15 is 0 Å². The number of nitrogens with one attached hydrogen (secondary N) is 2. The third kappa shape index (κ3) is 0.906. The third-order valence-corrected chi connectivity index (χ3v) is 1.45.